The summed E-state index contributed by atoms with van der Waals surface area (Å²) in [7, 11) is 1.80. The number of anilines is 1. The monoisotopic (exact) mass is 630 g/mol. The van der Waals surface area contributed by atoms with E-state index < -0.39 is 5.54 Å². The highest BCUT2D eigenvalue weighted by molar-refractivity contribution is 5.85. The van der Waals surface area contributed by atoms with E-state index in [0.717, 1.165) is 28.3 Å². The lowest BCUT2D eigenvalue weighted by Crippen LogP contribution is -2.54. The predicted molar refractivity (Wildman–Crippen MR) is 174 cm³/mol. The third kappa shape index (κ3) is 9.23. The van der Waals surface area contributed by atoms with Gasteiger partial charge in [-0.25, -0.2) is 13.8 Å². The van der Waals surface area contributed by atoms with E-state index in [9.17, 15) is 23.2 Å². The van der Waals surface area contributed by atoms with Gasteiger partial charge in [-0.2, -0.15) is 0 Å². The van der Waals surface area contributed by atoms with Crippen LogP contribution in [0.5, 0.6) is 0 Å². The molecule has 0 saturated carbocycles. The van der Waals surface area contributed by atoms with Gasteiger partial charge in [-0.1, -0.05) is 30.3 Å². The zero-order valence-corrected chi connectivity index (χ0v) is 26.4. The summed E-state index contributed by atoms with van der Waals surface area (Å²) in [6.45, 7) is 4.98. The number of aromatic nitrogens is 2. The van der Waals surface area contributed by atoms with E-state index in [2.05, 4.69) is 16.0 Å². The minimum atomic E-state index is -0.689. The van der Waals surface area contributed by atoms with Crippen molar-refractivity contribution in [3.05, 3.63) is 108 Å². The maximum atomic E-state index is 13.3. The van der Waals surface area contributed by atoms with Crippen LogP contribution in [0.15, 0.2) is 85.1 Å². The highest BCUT2D eigenvalue weighted by Crippen LogP contribution is 2.33. The summed E-state index contributed by atoms with van der Waals surface area (Å²) in [5.41, 5.74) is 2.85. The number of nitrogens with zero attached hydrogens (tertiary/aromatic N) is 3. The van der Waals surface area contributed by atoms with Crippen molar-refractivity contribution >= 4 is 23.4 Å². The summed E-state index contributed by atoms with van der Waals surface area (Å²) in [6, 6.07) is 22.1. The predicted octanol–water partition coefficient (Wildman–Crippen LogP) is 4.89. The minimum Gasteiger partial charge on any atom is -0.388 e. The fraction of sp³-hybridized carbons (Fsp3) is 0.314. The molecule has 0 radical (unpaired) electrons. The van der Waals surface area contributed by atoms with Crippen LogP contribution in [0.1, 0.15) is 38.1 Å². The Morgan fingerprint density at radius 1 is 0.826 bits per heavy atom. The zero-order valence-electron chi connectivity index (χ0n) is 26.4. The van der Waals surface area contributed by atoms with E-state index in [1.807, 2.05) is 54.9 Å². The molecule has 0 atom stereocenters. The first kappa shape index (κ1) is 33.8. The molecule has 5 rings (SSSR count). The molecule has 46 heavy (non-hydrogen) atoms. The summed E-state index contributed by atoms with van der Waals surface area (Å²) in [5.74, 6) is -0.393. The summed E-state index contributed by atoms with van der Waals surface area (Å²) >= 11 is 0. The Morgan fingerprint density at radius 3 is 2.11 bits per heavy atom. The zero-order chi connectivity index (χ0) is 33.1. The second-order valence-corrected chi connectivity index (χ2v) is 11.4. The molecule has 11 heteroatoms. The lowest BCUT2D eigenvalue weighted by molar-refractivity contribution is -0.139. The van der Waals surface area contributed by atoms with E-state index in [1.54, 1.807) is 36.2 Å². The first-order chi connectivity index (χ1) is 22.1. The molecule has 1 aliphatic rings. The summed E-state index contributed by atoms with van der Waals surface area (Å²) in [6.07, 6.45) is 3.01. The van der Waals surface area contributed by atoms with Gasteiger partial charge in [0.1, 0.15) is 17.5 Å². The molecule has 0 fully saturated rings. The molecule has 1 aromatic heterocycles. The summed E-state index contributed by atoms with van der Waals surface area (Å²) in [4.78, 5) is 43.7. The Hall–Kier alpha value is -5.06. The standard InChI is InChI=1S/C28H32FN5O3.C7H8FN/c1-28(2)27-32-23(21-9-11-22(29)12-10-21)19-33(27)16-17-34(28)26(37)18-31-25(36)14-15-30-24(35)13-8-20-6-4-3-5-7-20;1-9-7-4-2-6(8)3-5-7/h3-7,9-12,19H,8,13-18H2,1-2H3,(H,30,35)(H,31,36);2-5,9H,1H3. The van der Waals surface area contributed by atoms with Crippen LogP contribution < -0.4 is 16.0 Å². The number of imidazole rings is 1. The van der Waals surface area contributed by atoms with Crippen LogP contribution in [-0.2, 0) is 32.9 Å². The molecule has 3 N–H and O–H groups in total. The van der Waals surface area contributed by atoms with Crippen molar-refractivity contribution in [3.63, 3.8) is 0 Å². The highest BCUT2D eigenvalue weighted by atomic mass is 19.1. The van der Waals surface area contributed by atoms with Crippen LogP contribution in [0.2, 0.25) is 0 Å². The van der Waals surface area contributed by atoms with Gasteiger partial charge in [0.25, 0.3) is 0 Å². The molecule has 3 aromatic carbocycles. The van der Waals surface area contributed by atoms with Gasteiger partial charge in [-0.3, -0.25) is 14.4 Å². The molecule has 2 heterocycles. The van der Waals surface area contributed by atoms with Gasteiger partial charge >= 0.3 is 0 Å². The quantitative estimate of drug-likeness (QED) is 0.231. The Labute approximate surface area is 268 Å². The first-order valence-electron chi connectivity index (χ1n) is 15.2. The Kier molecular flexibility index (Phi) is 11.6. The van der Waals surface area contributed by atoms with Crippen molar-refractivity contribution in [1.29, 1.82) is 0 Å². The van der Waals surface area contributed by atoms with Crippen LogP contribution in [0.3, 0.4) is 0 Å². The molecule has 9 nitrogen and oxygen atoms in total. The molecular weight excluding hydrogens is 590 g/mol. The summed E-state index contributed by atoms with van der Waals surface area (Å²) < 4.78 is 27.5. The highest BCUT2D eigenvalue weighted by Gasteiger charge is 2.39. The number of aryl methyl sites for hydroxylation is 1. The number of hydrogen-bond donors (Lipinski definition) is 3. The van der Waals surface area contributed by atoms with E-state index in [0.29, 0.717) is 25.9 Å². The summed E-state index contributed by atoms with van der Waals surface area (Å²) in [5, 5.41) is 8.30. The molecule has 0 spiro atoms. The fourth-order valence-electron chi connectivity index (χ4n) is 5.16. The Morgan fingerprint density at radius 2 is 1.46 bits per heavy atom. The van der Waals surface area contributed by atoms with Crippen molar-refractivity contribution in [2.45, 2.75) is 45.2 Å². The number of benzene rings is 3. The molecule has 4 aromatic rings. The maximum absolute atomic E-state index is 13.3. The first-order valence-corrected chi connectivity index (χ1v) is 15.2. The van der Waals surface area contributed by atoms with Crippen molar-refractivity contribution in [3.8, 4) is 11.3 Å². The molecule has 0 unspecified atom stereocenters. The van der Waals surface area contributed by atoms with Crippen LogP contribution in [0, 0.1) is 11.6 Å². The van der Waals surface area contributed by atoms with Gasteiger partial charge < -0.3 is 25.4 Å². The second-order valence-electron chi connectivity index (χ2n) is 11.4. The van der Waals surface area contributed by atoms with Crippen molar-refractivity contribution in [1.82, 2.24) is 25.1 Å². The number of halogens is 2. The van der Waals surface area contributed by atoms with Crippen LogP contribution in [-0.4, -0.2) is 58.9 Å². The largest absolute Gasteiger partial charge is 0.388 e. The molecule has 1 aliphatic heterocycles. The van der Waals surface area contributed by atoms with Gasteiger partial charge in [0.05, 0.1) is 17.8 Å². The number of carbonyl (C=O) groups is 3. The van der Waals surface area contributed by atoms with Crippen LogP contribution >= 0.6 is 0 Å². The van der Waals surface area contributed by atoms with Gasteiger partial charge in [0.15, 0.2) is 0 Å². The number of nitrogens with one attached hydrogen (secondary N) is 3. The van der Waals surface area contributed by atoms with Gasteiger partial charge in [-0.05, 0) is 74.4 Å². The second kappa shape index (κ2) is 15.8. The van der Waals surface area contributed by atoms with Crippen molar-refractivity contribution in [2.75, 3.05) is 32.0 Å². The number of hydrogen-bond acceptors (Lipinski definition) is 5. The van der Waals surface area contributed by atoms with Crippen molar-refractivity contribution in [2.24, 2.45) is 0 Å². The fourth-order valence-corrected chi connectivity index (χ4v) is 5.16. The molecule has 0 saturated heterocycles. The van der Waals surface area contributed by atoms with Crippen LogP contribution in [0.4, 0.5) is 14.5 Å². The average molecular weight is 631 g/mol. The third-order valence-electron chi connectivity index (χ3n) is 7.73. The Balaban J connectivity index is 0.000000459. The number of rotatable bonds is 10. The smallest absolute Gasteiger partial charge is 0.242 e. The van der Waals surface area contributed by atoms with E-state index in [1.165, 1.54) is 24.3 Å². The van der Waals surface area contributed by atoms with Crippen LogP contribution in [0.25, 0.3) is 11.3 Å². The van der Waals surface area contributed by atoms with Gasteiger partial charge in [0.2, 0.25) is 17.7 Å². The molecule has 0 bridgehead atoms. The molecule has 3 amide bonds. The number of carbonyl (C=O) groups excluding carboxylic acids is 3. The minimum absolute atomic E-state index is 0.0964. The SMILES string of the molecule is CC1(C)c2nc(-c3ccc(F)cc3)cn2CCN1C(=O)CNC(=O)CCNC(=O)CCc1ccccc1.CNc1ccc(F)cc1. The normalized spacial score (nSPS) is 13.1. The Bertz CT molecular complexity index is 1610. The number of amides is 3. The third-order valence-corrected chi connectivity index (χ3v) is 7.73. The van der Waals surface area contributed by atoms with E-state index in [4.69, 9.17) is 4.98 Å². The molecule has 0 aliphatic carbocycles. The van der Waals surface area contributed by atoms with E-state index in [-0.39, 0.29) is 48.9 Å². The van der Waals surface area contributed by atoms with Crippen molar-refractivity contribution < 1.29 is 23.2 Å². The molecule has 242 valence electrons. The maximum Gasteiger partial charge on any atom is 0.242 e. The average Bonchev–Trinajstić information content (AvgIpc) is 3.50. The lowest BCUT2D eigenvalue weighted by atomic mass is 9.99. The topological polar surface area (TPSA) is 108 Å². The molecular formula is C35H40F2N6O3. The van der Waals surface area contributed by atoms with E-state index >= 15 is 0 Å². The van der Waals surface area contributed by atoms with Gasteiger partial charge in [0, 0.05) is 57.0 Å². The lowest BCUT2D eigenvalue weighted by Gasteiger charge is -2.42. The van der Waals surface area contributed by atoms with Gasteiger partial charge in [-0.15, -0.1) is 0 Å². The number of fused-ring (bicyclic) bond motifs is 1.